The maximum atomic E-state index is 14.3. The normalized spacial score (nSPS) is 44.2. The molecule has 0 aromatic heterocycles. The Morgan fingerprint density at radius 2 is 1.78 bits per heavy atom. The fourth-order valence-corrected chi connectivity index (χ4v) is 3.88. The van der Waals surface area contributed by atoms with Gasteiger partial charge in [-0.2, -0.15) is 0 Å². The number of halogens is 2. The second-order valence-electron chi connectivity index (χ2n) is 5.98. The van der Waals surface area contributed by atoms with E-state index < -0.39 is 22.7 Å². The minimum Gasteiger partial charge on any atom is -0.513 e. The van der Waals surface area contributed by atoms with Crippen molar-refractivity contribution in [2.24, 2.45) is 11.3 Å². The zero-order chi connectivity index (χ0) is 13.0. The molecule has 4 rings (SSSR count). The largest absolute Gasteiger partial charge is 0.513 e. The first kappa shape index (κ1) is 12.2. The van der Waals surface area contributed by atoms with Gasteiger partial charge in [0.15, 0.2) is 5.83 Å². The summed E-state index contributed by atoms with van der Waals surface area (Å²) in [6, 6.07) is 0. The molecule has 1 unspecified atom stereocenters. The zero-order valence-electron chi connectivity index (χ0n) is 10.3. The summed E-state index contributed by atoms with van der Waals surface area (Å²) in [6.07, 6.45) is 5.24. The maximum absolute atomic E-state index is 14.3. The Labute approximate surface area is 105 Å². The van der Waals surface area contributed by atoms with E-state index in [2.05, 4.69) is 0 Å². The van der Waals surface area contributed by atoms with Crippen LogP contribution in [-0.4, -0.2) is 15.8 Å². The van der Waals surface area contributed by atoms with Crippen molar-refractivity contribution in [3.8, 4) is 0 Å². The van der Waals surface area contributed by atoms with E-state index in [1.165, 1.54) is 0 Å². The number of aliphatic hydroxyl groups excluding tert-OH is 1. The minimum absolute atomic E-state index is 0.0454. The quantitative estimate of drug-likeness (QED) is 0.751. The Morgan fingerprint density at radius 3 is 2.33 bits per heavy atom. The van der Waals surface area contributed by atoms with Crippen LogP contribution in [-0.2, 0) is 0 Å². The fourth-order valence-electron chi connectivity index (χ4n) is 3.88. The summed E-state index contributed by atoms with van der Waals surface area (Å²) in [6.45, 7) is 0. The molecule has 2 bridgehead atoms. The molecule has 0 saturated heterocycles. The second kappa shape index (κ2) is 3.80. The zero-order valence-corrected chi connectivity index (χ0v) is 10.3. The lowest BCUT2D eigenvalue weighted by atomic mass is 9.55. The molecule has 1 atom stereocenters. The average Bonchev–Trinajstić information content (AvgIpc) is 2.38. The van der Waals surface area contributed by atoms with Crippen molar-refractivity contribution >= 4 is 0 Å². The summed E-state index contributed by atoms with van der Waals surface area (Å²) in [4.78, 5) is 0. The molecule has 0 spiro atoms. The van der Waals surface area contributed by atoms with E-state index >= 15 is 0 Å². The molecule has 18 heavy (non-hydrogen) atoms. The van der Waals surface area contributed by atoms with Crippen LogP contribution in [0.2, 0.25) is 0 Å². The second-order valence-corrected chi connectivity index (χ2v) is 5.98. The van der Waals surface area contributed by atoms with Crippen LogP contribution in [0.15, 0.2) is 23.5 Å². The molecular weight excluding hydrogens is 238 g/mol. The Morgan fingerprint density at radius 1 is 1.11 bits per heavy atom. The number of fused-ring (bicyclic) bond motifs is 2. The Hall–Kier alpha value is -0.900. The number of allylic oxidation sites excluding steroid dienone is 3. The third-order valence-electron chi connectivity index (χ3n) is 5.18. The van der Waals surface area contributed by atoms with E-state index in [0.29, 0.717) is 50.7 Å². The van der Waals surface area contributed by atoms with E-state index in [0.717, 1.165) is 0 Å². The van der Waals surface area contributed by atoms with Crippen LogP contribution in [0.1, 0.15) is 44.9 Å². The summed E-state index contributed by atoms with van der Waals surface area (Å²) < 4.78 is 28.2. The molecule has 0 heterocycles. The lowest BCUT2D eigenvalue weighted by molar-refractivity contribution is -0.0685. The van der Waals surface area contributed by atoms with E-state index in [9.17, 15) is 19.0 Å². The van der Waals surface area contributed by atoms with Crippen LogP contribution in [0.4, 0.5) is 8.78 Å². The third kappa shape index (κ3) is 1.48. The molecule has 1 saturated carbocycles. The number of hydrogen-bond acceptors (Lipinski definition) is 2. The summed E-state index contributed by atoms with van der Waals surface area (Å²) >= 11 is 0. The van der Waals surface area contributed by atoms with E-state index in [1.54, 1.807) is 6.08 Å². The molecule has 0 aliphatic heterocycles. The summed E-state index contributed by atoms with van der Waals surface area (Å²) in [5.41, 5.74) is -2.27. The summed E-state index contributed by atoms with van der Waals surface area (Å²) in [7, 11) is 0. The van der Waals surface area contributed by atoms with Gasteiger partial charge < -0.3 is 10.2 Å². The lowest BCUT2D eigenvalue weighted by Gasteiger charge is -2.52. The van der Waals surface area contributed by atoms with Gasteiger partial charge in [-0.1, -0.05) is 0 Å². The molecular formula is C14H18F2O2. The van der Waals surface area contributed by atoms with Crippen molar-refractivity contribution < 1.29 is 19.0 Å². The molecule has 0 radical (unpaired) electrons. The number of hydrogen-bond donors (Lipinski definition) is 2. The van der Waals surface area contributed by atoms with Gasteiger partial charge in [-0.25, -0.2) is 8.78 Å². The van der Waals surface area contributed by atoms with Crippen molar-refractivity contribution in [3.63, 3.8) is 0 Å². The average molecular weight is 256 g/mol. The van der Waals surface area contributed by atoms with Crippen LogP contribution >= 0.6 is 0 Å². The minimum atomic E-state index is -1.54. The highest BCUT2D eigenvalue weighted by Gasteiger charge is 2.57. The Kier molecular flexibility index (Phi) is 2.56. The molecule has 2 nitrogen and oxygen atoms in total. The fraction of sp³-hybridized carbons (Fsp3) is 0.714. The predicted octanol–water partition coefficient (Wildman–Crippen LogP) is 3.68. The van der Waals surface area contributed by atoms with Gasteiger partial charge in [-0.15, -0.1) is 0 Å². The third-order valence-corrected chi connectivity index (χ3v) is 5.18. The van der Waals surface area contributed by atoms with Crippen molar-refractivity contribution in [3.05, 3.63) is 23.5 Å². The number of rotatable bonds is 1. The van der Waals surface area contributed by atoms with Gasteiger partial charge in [0.1, 0.15) is 11.4 Å². The first-order valence-electron chi connectivity index (χ1n) is 6.65. The van der Waals surface area contributed by atoms with Crippen molar-refractivity contribution in [2.75, 3.05) is 0 Å². The van der Waals surface area contributed by atoms with E-state index in [1.807, 2.05) is 0 Å². The van der Waals surface area contributed by atoms with Gasteiger partial charge in [-0.3, -0.25) is 0 Å². The number of aliphatic hydroxyl groups is 2. The van der Waals surface area contributed by atoms with Gasteiger partial charge in [0.25, 0.3) is 0 Å². The summed E-state index contributed by atoms with van der Waals surface area (Å²) in [5.74, 6) is -1.25. The van der Waals surface area contributed by atoms with Crippen LogP contribution in [0, 0.1) is 11.3 Å². The predicted molar refractivity (Wildman–Crippen MR) is 63.1 cm³/mol. The molecule has 0 amide bonds. The Bertz CT molecular complexity index is 431. The van der Waals surface area contributed by atoms with E-state index in [4.69, 9.17) is 0 Å². The van der Waals surface area contributed by atoms with Crippen LogP contribution < -0.4 is 0 Å². The van der Waals surface area contributed by atoms with Crippen LogP contribution in [0.3, 0.4) is 0 Å². The van der Waals surface area contributed by atoms with Crippen molar-refractivity contribution in [1.82, 2.24) is 0 Å². The smallest absolute Gasteiger partial charge is 0.163 e. The van der Waals surface area contributed by atoms with Gasteiger partial charge >= 0.3 is 0 Å². The van der Waals surface area contributed by atoms with Crippen molar-refractivity contribution in [1.29, 1.82) is 0 Å². The molecule has 1 fully saturated rings. The standard InChI is InChI=1S/C14H18F2O2/c15-11-12(16)14(18)7-5-13(11,6-8-14)9-1-3-10(17)4-2-9/h3,9,17-18H,1-2,4-8H2. The van der Waals surface area contributed by atoms with E-state index in [-0.39, 0.29) is 5.92 Å². The van der Waals surface area contributed by atoms with Gasteiger partial charge in [-0.05, 0) is 50.5 Å². The van der Waals surface area contributed by atoms with Gasteiger partial charge in [0.05, 0.1) is 5.76 Å². The molecule has 4 heteroatoms. The van der Waals surface area contributed by atoms with Crippen molar-refractivity contribution in [2.45, 2.75) is 50.5 Å². The maximum Gasteiger partial charge on any atom is 0.163 e. The molecule has 100 valence electrons. The van der Waals surface area contributed by atoms with Crippen LogP contribution in [0.5, 0.6) is 0 Å². The topological polar surface area (TPSA) is 40.5 Å². The first-order valence-corrected chi connectivity index (χ1v) is 6.65. The molecule has 4 aliphatic rings. The molecule has 0 aromatic carbocycles. The Balaban J connectivity index is 1.96. The SMILES string of the molecule is OC1=CCC(C23CCC(O)(CC2)C(F)=C3F)CC1. The monoisotopic (exact) mass is 256 g/mol. The first-order chi connectivity index (χ1) is 8.48. The highest BCUT2D eigenvalue weighted by Crippen LogP contribution is 2.61. The highest BCUT2D eigenvalue weighted by atomic mass is 19.2. The van der Waals surface area contributed by atoms with Gasteiger partial charge in [0.2, 0.25) is 0 Å². The molecule has 4 aliphatic carbocycles. The van der Waals surface area contributed by atoms with Crippen LogP contribution in [0.25, 0.3) is 0 Å². The summed E-state index contributed by atoms with van der Waals surface area (Å²) in [5, 5.41) is 19.4. The molecule has 2 N–H and O–H groups in total. The van der Waals surface area contributed by atoms with Gasteiger partial charge in [0, 0.05) is 11.8 Å². The highest BCUT2D eigenvalue weighted by molar-refractivity contribution is 5.30. The molecule has 0 aromatic rings. The lowest BCUT2D eigenvalue weighted by Crippen LogP contribution is -2.49.